The van der Waals surface area contributed by atoms with Crippen molar-refractivity contribution in [2.75, 3.05) is 0 Å². The van der Waals surface area contributed by atoms with Crippen molar-refractivity contribution in [2.24, 2.45) is 0 Å². The minimum Gasteiger partial charge on any atom is -0.370 e. The van der Waals surface area contributed by atoms with Gasteiger partial charge < -0.3 is 4.74 Å². The number of halogens is 1. The molecule has 7 heteroatoms. The quantitative estimate of drug-likeness (QED) is 0.220. The molecular formula is C25H23BrN2O2S2. The number of hydrogen-bond acceptors (Lipinski definition) is 5. The van der Waals surface area contributed by atoms with Gasteiger partial charge in [-0.25, -0.2) is 4.98 Å². The number of aryl methyl sites for hydroxylation is 1. The summed E-state index contributed by atoms with van der Waals surface area (Å²) in [4.78, 5) is 20.9. The minimum atomic E-state index is -0.281. The van der Waals surface area contributed by atoms with Gasteiger partial charge in [-0.1, -0.05) is 52.0 Å². The van der Waals surface area contributed by atoms with Crippen molar-refractivity contribution in [3.05, 3.63) is 84.9 Å². The molecule has 2 aromatic carbocycles. The Hall–Kier alpha value is -1.93. The summed E-state index contributed by atoms with van der Waals surface area (Å²) in [5.41, 5.74) is 3.98. The third kappa shape index (κ3) is 4.19. The second-order valence-corrected chi connectivity index (χ2v) is 11.6. The van der Waals surface area contributed by atoms with Crippen LogP contribution in [0.15, 0.2) is 63.0 Å². The summed E-state index contributed by atoms with van der Waals surface area (Å²) in [6.07, 6.45) is 0.721. The Kier molecular flexibility index (Phi) is 5.78. The van der Waals surface area contributed by atoms with Crippen LogP contribution in [0.4, 0.5) is 0 Å². The zero-order chi connectivity index (χ0) is 22.5. The van der Waals surface area contributed by atoms with E-state index in [9.17, 15) is 4.79 Å². The van der Waals surface area contributed by atoms with Crippen molar-refractivity contribution in [2.45, 2.75) is 50.3 Å². The largest absolute Gasteiger partial charge is 0.370 e. The number of fused-ring (bicyclic) bond motifs is 3. The second kappa shape index (κ2) is 8.45. The maximum Gasteiger partial charge on any atom is 0.267 e. The van der Waals surface area contributed by atoms with Crippen molar-refractivity contribution in [1.29, 1.82) is 0 Å². The number of hydrogen-bond donors (Lipinski definition) is 0. The van der Waals surface area contributed by atoms with Crippen molar-refractivity contribution in [3.8, 4) is 5.69 Å². The first kappa shape index (κ1) is 21.9. The van der Waals surface area contributed by atoms with Crippen molar-refractivity contribution >= 4 is 49.2 Å². The molecule has 0 saturated carbocycles. The van der Waals surface area contributed by atoms with E-state index in [1.165, 1.54) is 5.56 Å². The summed E-state index contributed by atoms with van der Waals surface area (Å²) in [7, 11) is 0. The Labute approximate surface area is 203 Å². The van der Waals surface area contributed by atoms with Gasteiger partial charge >= 0.3 is 0 Å². The highest BCUT2D eigenvalue weighted by Gasteiger charge is 2.31. The topological polar surface area (TPSA) is 44.1 Å². The number of nitrogens with zero attached hydrogens (tertiary/aromatic N) is 2. The van der Waals surface area contributed by atoms with Gasteiger partial charge in [-0.05, 0) is 61.7 Å². The van der Waals surface area contributed by atoms with E-state index in [-0.39, 0.29) is 11.2 Å². The average Bonchev–Trinajstić information content (AvgIpc) is 3.10. The van der Waals surface area contributed by atoms with E-state index in [1.807, 2.05) is 43.3 Å². The van der Waals surface area contributed by atoms with E-state index in [2.05, 4.69) is 41.9 Å². The van der Waals surface area contributed by atoms with E-state index in [4.69, 9.17) is 9.72 Å². The summed E-state index contributed by atoms with van der Waals surface area (Å²) in [5.74, 6) is 0.734. The predicted octanol–water partition coefficient (Wildman–Crippen LogP) is 6.66. The molecule has 1 aliphatic rings. The number of aromatic nitrogens is 2. The molecule has 4 nitrogen and oxygen atoms in total. The lowest BCUT2D eigenvalue weighted by atomic mass is 9.94. The summed E-state index contributed by atoms with van der Waals surface area (Å²) in [5, 5.41) is 1.46. The van der Waals surface area contributed by atoms with E-state index < -0.39 is 0 Å². The maximum atomic E-state index is 13.9. The lowest BCUT2D eigenvalue weighted by molar-refractivity contribution is -0.0379. The van der Waals surface area contributed by atoms with Crippen molar-refractivity contribution < 1.29 is 4.74 Å². The van der Waals surface area contributed by atoms with Crippen molar-refractivity contribution in [3.63, 3.8) is 0 Å². The molecule has 0 spiro atoms. The molecule has 164 valence electrons. The van der Waals surface area contributed by atoms with Gasteiger partial charge in [0.25, 0.3) is 5.56 Å². The molecule has 32 heavy (non-hydrogen) atoms. The lowest BCUT2D eigenvalue weighted by Gasteiger charge is -2.29. The van der Waals surface area contributed by atoms with Crippen LogP contribution in [0.3, 0.4) is 0 Å². The van der Waals surface area contributed by atoms with E-state index >= 15 is 0 Å². The number of benzene rings is 2. The molecule has 1 aliphatic heterocycles. The van der Waals surface area contributed by atoms with Crippen LogP contribution in [0.5, 0.6) is 0 Å². The Balaban J connectivity index is 1.67. The lowest BCUT2D eigenvalue weighted by Crippen LogP contribution is -2.32. The fraction of sp³-hybridized carbons (Fsp3) is 0.280. The number of thiophene rings is 1. The average molecular weight is 528 g/mol. The Bertz CT molecular complexity index is 1370. The molecule has 0 unspecified atom stereocenters. The van der Waals surface area contributed by atoms with E-state index in [1.54, 1.807) is 27.7 Å². The molecule has 0 saturated heterocycles. The van der Waals surface area contributed by atoms with Crippen molar-refractivity contribution in [1.82, 2.24) is 9.55 Å². The number of rotatable bonds is 4. The Morgan fingerprint density at radius 1 is 1.22 bits per heavy atom. The molecule has 5 rings (SSSR count). The van der Waals surface area contributed by atoms with Gasteiger partial charge in [-0.15, -0.1) is 11.3 Å². The molecule has 3 heterocycles. The zero-order valence-electron chi connectivity index (χ0n) is 18.1. The molecule has 0 amide bonds. The Morgan fingerprint density at radius 3 is 2.75 bits per heavy atom. The molecule has 0 fully saturated rings. The Morgan fingerprint density at radius 2 is 2.00 bits per heavy atom. The fourth-order valence-electron chi connectivity index (χ4n) is 3.99. The van der Waals surface area contributed by atoms with Crippen LogP contribution >= 0.6 is 39.0 Å². The van der Waals surface area contributed by atoms with Crippen LogP contribution in [0.25, 0.3) is 15.9 Å². The van der Waals surface area contributed by atoms with Crippen LogP contribution < -0.4 is 5.56 Å². The number of thioether (sulfide) groups is 1. The normalized spacial score (nSPS) is 15.1. The molecular weight excluding hydrogens is 504 g/mol. The van der Waals surface area contributed by atoms with Gasteiger partial charge in [0.1, 0.15) is 4.83 Å². The van der Waals surface area contributed by atoms with Crippen LogP contribution in [0.2, 0.25) is 0 Å². The third-order valence-electron chi connectivity index (χ3n) is 5.62. The number of ether oxygens (including phenoxy) is 1. The second-order valence-electron chi connectivity index (χ2n) is 8.70. The van der Waals surface area contributed by atoms with Gasteiger partial charge in [0.05, 0.1) is 23.3 Å². The van der Waals surface area contributed by atoms with Crippen LogP contribution in [-0.4, -0.2) is 15.2 Å². The first-order valence-electron chi connectivity index (χ1n) is 10.5. The first-order chi connectivity index (χ1) is 15.3. The van der Waals surface area contributed by atoms with Gasteiger partial charge in [-0.3, -0.25) is 9.36 Å². The first-order valence-corrected chi connectivity index (χ1v) is 13.1. The predicted molar refractivity (Wildman–Crippen MR) is 136 cm³/mol. The molecule has 4 aromatic rings. The van der Waals surface area contributed by atoms with Gasteiger partial charge in [0.15, 0.2) is 5.16 Å². The molecule has 0 bridgehead atoms. The molecule has 0 N–H and O–H groups in total. The van der Waals surface area contributed by atoms with E-state index in [0.717, 1.165) is 53.7 Å². The summed E-state index contributed by atoms with van der Waals surface area (Å²) < 4.78 is 8.84. The highest BCUT2D eigenvalue weighted by Crippen LogP contribution is 2.38. The zero-order valence-corrected chi connectivity index (χ0v) is 21.4. The smallest absolute Gasteiger partial charge is 0.267 e. The maximum absolute atomic E-state index is 13.9. The highest BCUT2D eigenvalue weighted by molar-refractivity contribution is 9.10. The highest BCUT2D eigenvalue weighted by atomic mass is 79.9. The van der Waals surface area contributed by atoms with E-state index in [0.29, 0.717) is 6.61 Å². The molecule has 2 aromatic heterocycles. The standard InChI is InChI=1S/C25H23BrN2O2S2/c1-15-5-4-6-18(11-15)28-23(29)21-19-12-25(2,3)30-13-20(19)32-22(21)27-24(28)31-14-16-7-9-17(26)10-8-16/h4-11H,12-14H2,1-3H3. The van der Waals surface area contributed by atoms with Crippen LogP contribution in [0.1, 0.15) is 35.4 Å². The molecule has 0 radical (unpaired) electrons. The monoisotopic (exact) mass is 526 g/mol. The van der Waals surface area contributed by atoms with Gasteiger partial charge in [0.2, 0.25) is 0 Å². The fourth-order valence-corrected chi connectivity index (χ4v) is 6.37. The summed E-state index contributed by atoms with van der Waals surface area (Å²) >= 11 is 6.67. The summed E-state index contributed by atoms with van der Waals surface area (Å²) in [6, 6.07) is 16.3. The van der Waals surface area contributed by atoms with Gasteiger partial charge in [-0.2, -0.15) is 0 Å². The minimum absolute atomic E-state index is 0.00843. The molecule has 0 atom stereocenters. The van der Waals surface area contributed by atoms with Crippen LogP contribution in [0, 0.1) is 6.92 Å². The summed E-state index contributed by atoms with van der Waals surface area (Å²) in [6.45, 7) is 6.73. The van der Waals surface area contributed by atoms with Gasteiger partial charge in [0, 0.05) is 21.5 Å². The SMILES string of the molecule is Cc1cccc(-n2c(SCc3ccc(Br)cc3)nc3sc4c(c3c2=O)CC(C)(C)OC4)c1. The van der Waals surface area contributed by atoms with Crippen LogP contribution in [-0.2, 0) is 23.5 Å². The third-order valence-corrected chi connectivity index (χ3v) is 8.25. The molecule has 0 aliphatic carbocycles.